The van der Waals surface area contributed by atoms with Crippen molar-refractivity contribution >= 4 is 11.6 Å². The van der Waals surface area contributed by atoms with Gasteiger partial charge in [0.25, 0.3) is 0 Å². The molecule has 0 saturated carbocycles. The lowest BCUT2D eigenvalue weighted by Gasteiger charge is -2.07. The fourth-order valence-corrected chi connectivity index (χ4v) is 1.23. The summed E-state index contributed by atoms with van der Waals surface area (Å²) in [4.78, 5) is 0. The molecule has 1 aromatic carbocycles. The Labute approximate surface area is 80.0 Å². The number of halogens is 2. The number of hydrogen-bond donors (Lipinski definition) is 2. The summed E-state index contributed by atoms with van der Waals surface area (Å²) in [5, 5.41) is 8.72. The Kier molecular flexibility index (Phi) is 3.48. The number of benzene rings is 1. The van der Waals surface area contributed by atoms with Gasteiger partial charge < -0.3 is 9.94 Å². The maximum absolute atomic E-state index is 12.9. The molecule has 0 aromatic heterocycles. The second-order valence-corrected chi connectivity index (χ2v) is 2.79. The monoisotopic (exact) mass is 205 g/mol. The highest BCUT2D eigenvalue weighted by molar-refractivity contribution is 6.32. The van der Waals surface area contributed by atoms with Crippen molar-refractivity contribution in [3.63, 3.8) is 0 Å². The Balaban J connectivity index is 3.11. The van der Waals surface area contributed by atoms with Crippen LogP contribution in [-0.2, 0) is 6.54 Å². The van der Waals surface area contributed by atoms with Crippen LogP contribution >= 0.6 is 11.6 Å². The lowest BCUT2D eigenvalue weighted by atomic mass is 10.2. The van der Waals surface area contributed by atoms with Crippen molar-refractivity contribution in [3.05, 3.63) is 28.5 Å². The van der Waals surface area contributed by atoms with Crippen LogP contribution in [0.5, 0.6) is 5.75 Å². The molecule has 1 rings (SSSR count). The molecule has 0 aliphatic carbocycles. The van der Waals surface area contributed by atoms with Gasteiger partial charge in [0.15, 0.2) is 0 Å². The number of methoxy groups -OCH3 is 1. The van der Waals surface area contributed by atoms with Crippen LogP contribution in [0.25, 0.3) is 0 Å². The van der Waals surface area contributed by atoms with E-state index >= 15 is 0 Å². The average Bonchev–Trinajstić information content (AvgIpc) is 2.11. The van der Waals surface area contributed by atoms with Gasteiger partial charge in [-0.05, 0) is 11.6 Å². The summed E-state index contributed by atoms with van der Waals surface area (Å²) in [5.41, 5.74) is 2.34. The molecule has 1 aromatic rings. The first-order valence-corrected chi connectivity index (χ1v) is 3.95. The van der Waals surface area contributed by atoms with E-state index in [0.29, 0.717) is 10.6 Å². The second kappa shape index (κ2) is 4.41. The van der Waals surface area contributed by atoms with Crippen molar-refractivity contribution in [2.24, 2.45) is 0 Å². The third-order valence-electron chi connectivity index (χ3n) is 1.57. The standard InChI is InChI=1S/C8H9ClFNO2/c1-13-7-3-6(10)2-5(4-11-12)8(7)9/h2-3,11-12H,4H2,1H3. The summed E-state index contributed by atoms with van der Waals surface area (Å²) < 4.78 is 17.7. The molecule has 0 aliphatic rings. The highest BCUT2D eigenvalue weighted by atomic mass is 35.5. The van der Waals surface area contributed by atoms with E-state index in [2.05, 4.69) is 0 Å². The van der Waals surface area contributed by atoms with Crippen molar-refractivity contribution in [1.82, 2.24) is 5.48 Å². The highest BCUT2D eigenvalue weighted by Crippen LogP contribution is 2.29. The predicted octanol–water partition coefficient (Wildman–Crippen LogP) is 1.97. The first kappa shape index (κ1) is 10.2. The molecule has 0 saturated heterocycles. The molecular weight excluding hydrogens is 197 g/mol. The Morgan fingerprint density at radius 2 is 2.31 bits per heavy atom. The molecule has 13 heavy (non-hydrogen) atoms. The summed E-state index contributed by atoms with van der Waals surface area (Å²) >= 11 is 5.82. The predicted molar refractivity (Wildman–Crippen MR) is 46.6 cm³/mol. The van der Waals surface area contributed by atoms with Gasteiger partial charge in [0, 0.05) is 12.6 Å². The fraction of sp³-hybridized carbons (Fsp3) is 0.250. The van der Waals surface area contributed by atoms with Crippen LogP contribution in [0.15, 0.2) is 12.1 Å². The zero-order chi connectivity index (χ0) is 9.84. The fourth-order valence-electron chi connectivity index (χ4n) is 0.981. The quantitative estimate of drug-likeness (QED) is 0.742. The van der Waals surface area contributed by atoms with E-state index in [9.17, 15) is 4.39 Å². The van der Waals surface area contributed by atoms with E-state index in [4.69, 9.17) is 21.5 Å². The number of rotatable bonds is 3. The Bertz CT molecular complexity index is 306. The van der Waals surface area contributed by atoms with Crippen LogP contribution in [0.3, 0.4) is 0 Å². The molecule has 0 aliphatic heterocycles. The normalized spacial score (nSPS) is 10.2. The van der Waals surface area contributed by atoms with E-state index < -0.39 is 5.82 Å². The second-order valence-electron chi connectivity index (χ2n) is 2.42. The minimum Gasteiger partial charge on any atom is -0.495 e. The number of ether oxygens (including phenoxy) is 1. The van der Waals surface area contributed by atoms with Crippen LogP contribution in [0, 0.1) is 5.82 Å². The molecule has 2 N–H and O–H groups in total. The summed E-state index contributed by atoms with van der Waals surface area (Å²) in [6, 6.07) is 2.41. The van der Waals surface area contributed by atoms with E-state index in [-0.39, 0.29) is 12.3 Å². The molecule has 0 fully saturated rings. The molecule has 0 spiro atoms. The lowest BCUT2D eigenvalue weighted by Crippen LogP contribution is -2.07. The first-order chi connectivity index (χ1) is 6.19. The van der Waals surface area contributed by atoms with Gasteiger partial charge in [-0.3, -0.25) is 0 Å². The van der Waals surface area contributed by atoms with E-state index in [1.807, 2.05) is 5.48 Å². The zero-order valence-electron chi connectivity index (χ0n) is 6.97. The van der Waals surface area contributed by atoms with Gasteiger partial charge >= 0.3 is 0 Å². The Morgan fingerprint density at radius 1 is 1.62 bits per heavy atom. The van der Waals surface area contributed by atoms with Crippen molar-refractivity contribution in [1.29, 1.82) is 0 Å². The molecule has 5 heteroatoms. The third kappa shape index (κ3) is 2.30. The maximum Gasteiger partial charge on any atom is 0.140 e. The van der Waals surface area contributed by atoms with Crippen LogP contribution in [0.4, 0.5) is 4.39 Å². The van der Waals surface area contributed by atoms with Crippen LogP contribution in [-0.4, -0.2) is 12.3 Å². The molecule has 0 unspecified atom stereocenters. The van der Waals surface area contributed by atoms with Crippen LogP contribution < -0.4 is 10.2 Å². The summed E-state index contributed by atoms with van der Waals surface area (Å²) in [7, 11) is 1.40. The van der Waals surface area contributed by atoms with Gasteiger partial charge in [-0.25, -0.2) is 9.87 Å². The first-order valence-electron chi connectivity index (χ1n) is 3.58. The smallest absolute Gasteiger partial charge is 0.140 e. The maximum atomic E-state index is 12.9. The van der Waals surface area contributed by atoms with Gasteiger partial charge in [-0.15, -0.1) is 0 Å². The van der Waals surface area contributed by atoms with Gasteiger partial charge in [-0.2, -0.15) is 0 Å². The SMILES string of the molecule is COc1cc(F)cc(CNO)c1Cl. The topological polar surface area (TPSA) is 41.5 Å². The van der Waals surface area contributed by atoms with Crippen LogP contribution in [0.2, 0.25) is 5.02 Å². The van der Waals surface area contributed by atoms with Crippen molar-refractivity contribution < 1.29 is 14.3 Å². The van der Waals surface area contributed by atoms with Gasteiger partial charge in [0.2, 0.25) is 0 Å². The zero-order valence-corrected chi connectivity index (χ0v) is 7.73. The third-order valence-corrected chi connectivity index (χ3v) is 2.00. The Hall–Kier alpha value is -0.840. The minimum absolute atomic E-state index is 0.0763. The van der Waals surface area contributed by atoms with Crippen molar-refractivity contribution in [2.45, 2.75) is 6.54 Å². The molecule has 0 atom stereocenters. The van der Waals surface area contributed by atoms with Gasteiger partial charge in [0.05, 0.1) is 12.1 Å². The van der Waals surface area contributed by atoms with E-state index in [1.54, 1.807) is 0 Å². The number of hydroxylamine groups is 1. The number of nitrogens with one attached hydrogen (secondary N) is 1. The largest absolute Gasteiger partial charge is 0.495 e. The summed E-state index contributed by atoms with van der Waals surface area (Å²) in [6.07, 6.45) is 0. The molecule has 0 radical (unpaired) electrons. The number of hydrogen-bond acceptors (Lipinski definition) is 3. The van der Waals surface area contributed by atoms with Crippen molar-refractivity contribution in [2.75, 3.05) is 7.11 Å². The molecule has 3 nitrogen and oxygen atoms in total. The van der Waals surface area contributed by atoms with Gasteiger partial charge in [0.1, 0.15) is 11.6 Å². The molecule has 0 bridgehead atoms. The molecule has 0 heterocycles. The lowest BCUT2D eigenvalue weighted by molar-refractivity contribution is 0.161. The summed E-state index contributed by atoms with van der Waals surface area (Å²) in [6.45, 7) is 0.0763. The molecular formula is C8H9ClFNO2. The minimum atomic E-state index is -0.452. The highest BCUT2D eigenvalue weighted by Gasteiger charge is 2.08. The van der Waals surface area contributed by atoms with Gasteiger partial charge in [-0.1, -0.05) is 11.6 Å². The summed E-state index contributed by atoms with van der Waals surface area (Å²) in [5.74, 6) is -0.196. The molecule has 0 amide bonds. The van der Waals surface area contributed by atoms with Crippen molar-refractivity contribution in [3.8, 4) is 5.75 Å². The van der Waals surface area contributed by atoms with Crippen LogP contribution in [0.1, 0.15) is 5.56 Å². The average molecular weight is 206 g/mol. The molecule has 72 valence electrons. The van der Waals surface area contributed by atoms with E-state index in [1.165, 1.54) is 19.2 Å². The Morgan fingerprint density at radius 3 is 2.85 bits per heavy atom. The van der Waals surface area contributed by atoms with E-state index in [0.717, 1.165) is 0 Å².